The van der Waals surface area contributed by atoms with Gasteiger partial charge < -0.3 is 10.1 Å². The summed E-state index contributed by atoms with van der Waals surface area (Å²) in [5, 5.41) is 2.90. The number of hydrogen-bond acceptors (Lipinski definition) is 2. The first-order chi connectivity index (χ1) is 9.85. The van der Waals surface area contributed by atoms with Crippen molar-refractivity contribution in [3.8, 4) is 0 Å². The van der Waals surface area contributed by atoms with Gasteiger partial charge in [-0.2, -0.15) is 13.2 Å². The monoisotopic (exact) mass is 321 g/mol. The largest absolute Gasteiger partial charge is 0.391 e. The number of carbonyl (C=O) groups is 1. The van der Waals surface area contributed by atoms with E-state index < -0.39 is 24.5 Å². The molecule has 0 aromatic heterocycles. The Morgan fingerprint density at radius 3 is 2.57 bits per heavy atom. The summed E-state index contributed by atoms with van der Waals surface area (Å²) in [5.41, 5.74) is 0.379. The number of ether oxygens (including phenoxy) is 1. The Kier molecular flexibility index (Phi) is 5.11. The molecule has 1 amide bonds. The zero-order valence-electron chi connectivity index (χ0n) is 11.1. The second-order valence-corrected chi connectivity index (χ2v) is 5.43. The second kappa shape index (κ2) is 6.66. The molecular weight excluding hydrogens is 307 g/mol. The lowest BCUT2D eigenvalue weighted by Crippen LogP contribution is -2.36. The first-order valence-corrected chi connectivity index (χ1v) is 6.93. The third kappa shape index (κ3) is 4.89. The molecule has 0 saturated carbocycles. The molecule has 1 aromatic rings. The van der Waals surface area contributed by atoms with Gasteiger partial charge in [0.05, 0.1) is 25.0 Å². The van der Waals surface area contributed by atoms with Crippen molar-refractivity contribution in [3.05, 3.63) is 34.9 Å². The molecule has 2 rings (SSSR count). The van der Waals surface area contributed by atoms with Crippen LogP contribution in [0.25, 0.3) is 0 Å². The number of alkyl halides is 3. The zero-order valence-corrected chi connectivity index (χ0v) is 11.9. The quantitative estimate of drug-likeness (QED) is 0.922. The van der Waals surface area contributed by atoms with Gasteiger partial charge in [0.1, 0.15) is 0 Å². The van der Waals surface area contributed by atoms with Gasteiger partial charge in [0.2, 0.25) is 5.91 Å². The maximum Gasteiger partial charge on any atom is 0.391 e. The molecule has 1 aliphatic heterocycles. The minimum absolute atomic E-state index is 0.255. The van der Waals surface area contributed by atoms with Gasteiger partial charge in [0, 0.05) is 11.6 Å². The number of carbonyl (C=O) groups excluding carboxylic acids is 1. The second-order valence-electron chi connectivity index (χ2n) is 4.99. The van der Waals surface area contributed by atoms with Gasteiger partial charge in [0.25, 0.3) is 0 Å². The maximum absolute atomic E-state index is 12.7. The van der Waals surface area contributed by atoms with Crippen LogP contribution in [0.4, 0.5) is 13.2 Å². The fourth-order valence-electron chi connectivity index (χ4n) is 2.21. The van der Waals surface area contributed by atoms with Crippen molar-refractivity contribution in [3.63, 3.8) is 0 Å². The van der Waals surface area contributed by atoms with Gasteiger partial charge in [-0.05, 0) is 24.1 Å². The van der Waals surface area contributed by atoms with Crippen molar-refractivity contribution in [2.75, 3.05) is 13.2 Å². The Labute approximate surface area is 125 Å². The highest BCUT2D eigenvalue weighted by Gasteiger charge is 2.35. The van der Waals surface area contributed by atoms with Crippen molar-refractivity contribution < 1.29 is 22.7 Å². The molecule has 1 aromatic carbocycles. The topological polar surface area (TPSA) is 38.3 Å². The molecule has 7 heteroatoms. The molecule has 21 heavy (non-hydrogen) atoms. The van der Waals surface area contributed by atoms with E-state index in [9.17, 15) is 18.0 Å². The summed E-state index contributed by atoms with van der Waals surface area (Å²) in [7, 11) is 0. The lowest BCUT2D eigenvalue weighted by molar-refractivity contribution is -0.143. The van der Waals surface area contributed by atoms with Crippen molar-refractivity contribution in [2.45, 2.75) is 25.1 Å². The minimum Gasteiger partial charge on any atom is -0.381 e. The van der Waals surface area contributed by atoms with Crippen LogP contribution in [0.2, 0.25) is 5.02 Å². The van der Waals surface area contributed by atoms with E-state index in [0.717, 1.165) is 0 Å². The van der Waals surface area contributed by atoms with E-state index in [2.05, 4.69) is 5.32 Å². The Morgan fingerprint density at radius 2 is 2.05 bits per heavy atom. The Hall–Kier alpha value is -1.27. The highest BCUT2D eigenvalue weighted by atomic mass is 35.5. The van der Waals surface area contributed by atoms with Crippen molar-refractivity contribution in [1.82, 2.24) is 5.32 Å². The smallest absolute Gasteiger partial charge is 0.381 e. The van der Waals surface area contributed by atoms with Gasteiger partial charge in [-0.15, -0.1) is 0 Å². The van der Waals surface area contributed by atoms with Crippen LogP contribution in [-0.4, -0.2) is 25.3 Å². The Morgan fingerprint density at radius 1 is 1.38 bits per heavy atom. The van der Waals surface area contributed by atoms with Crippen LogP contribution < -0.4 is 5.32 Å². The van der Waals surface area contributed by atoms with Gasteiger partial charge in [-0.3, -0.25) is 4.79 Å². The lowest BCUT2D eigenvalue weighted by atomic mass is 10.0. The molecule has 0 unspecified atom stereocenters. The van der Waals surface area contributed by atoms with Gasteiger partial charge in [-0.25, -0.2) is 0 Å². The molecule has 1 aliphatic rings. The zero-order chi connectivity index (χ0) is 15.5. The number of halogens is 4. The molecule has 3 nitrogen and oxygen atoms in total. The summed E-state index contributed by atoms with van der Waals surface area (Å²) in [4.78, 5) is 12.0. The summed E-state index contributed by atoms with van der Waals surface area (Å²) >= 11 is 5.73. The summed E-state index contributed by atoms with van der Waals surface area (Å²) < 4.78 is 43.2. The molecule has 1 heterocycles. The van der Waals surface area contributed by atoms with Crippen molar-refractivity contribution in [2.24, 2.45) is 5.92 Å². The standard InChI is InChI=1S/C14H15ClF3NO2/c15-11-3-1-9(2-4-11)12(7-14(16,17)18)19-13(20)10-5-6-21-8-10/h1-4,10,12H,5-8H2,(H,19,20)/t10-,12+/m0/s1. The number of amides is 1. The lowest BCUT2D eigenvalue weighted by Gasteiger charge is -2.22. The third-order valence-corrected chi connectivity index (χ3v) is 3.58. The molecule has 0 bridgehead atoms. The first kappa shape index (κ1) is 16.1. The number of hydrogen-bond donors (Lipinski definition) is 1. The molecule has 0 aliphatic carbocycles. The van der Waals surface area contributed by atoms with Gasteiger partial charge in [0.15, 0.2) is 0 Å². The molecule has 0 spiro atoms. The molecule has 1 saturated heterocycles. The summed E-state index contributed by atoms with van der Waals surface area (Å²) in [6, 6.07) is 4.88. The average molecular weight is 322 g/mol. The summed E-state index contributed by atoms with van der Waals surface area (Å²) in [6.07, 6.45) is -4.96. The Balaban J connectivity index is 2.11. The van der Waals surface area contributed by atoms with E-state index in [1.165, 1.54) is 24.3 Å². The molecule has 1 fully saturated rings. The first-order valence-electron chi connectivity index (χ1n) is 6.55. The van der Waals surface area contributed by atoms with Crippen LogP contribution >= 0.6 is 11.6 Å². The predicted octanol–water partition coefficient (Wildman–Crippen LogP) is 3.49. The van der Waals surface area contributed by atoms with Crippen LogP contribution in [-0.2, 0) is 9.53 Å². The van der Waals surface area contributed by atoms with Crippen LogP contribution in [0.3, 0.4) is 0 Å². The summed E-state index contributed by atoms with van der Waals surface area (Å²) in [6.45, 7) is 0.716. The average Bonchev–Trinajstić information content (AvgIpc) is 2.91. The van der Waals surface area contributed by atoms with E-state index in [1.807, 2.05) is 0 Å². The van der Waals surface area contributed by atoms with E-state index in [1.54, 1.807) is 0 Å². The molecule has 1 N–H and O–H groups in total. The predicted molar refractivity (Wildman–Crippen MR) is 71.9 cm³/mol. The number of benzene rings is 1. The van der Waals surface area contributed by atoms with Crippen molar-refractivity contribution >= 4 is 17.5 Å². The van der Waals surface area contributed by atoms with E-state index in [0.29, 0.717) is 23.6 Å². The van der Waals surface area contributed by atoms with E-state index >= 15 is 0 Å². The fourth-order valence-corrected chi connectivity index (χ4v) is 2.34. The highest BCUT2D eigenvalue weighted by Crippen LogP contribution is 2.30. The van der Waals surface area contributed by atoms with E-state index in [4.69, 9.17) is 16.3 Å². The molecule has 116 valence electrons. The van der Waals surface area contributed by atoms with Crippen LogP contribution in [0.1, 0.15) is 24.4 Å². The van der Waals surface area contributed by atoms with Crippen LogP contribution in [0, 0.1) is 5.92 Å². The summed E-state index contributed by atoms with van der Waals surface area (Å²) in [5.74, 6) is -0.787. The fraction of sp³-hybridized carbons (Fsp3) is 0.500. The third-order valence-electron chi connectivity index (χ3n) is 3.32. The van der Waals surface area contributed by atoms with Gasteiger partial charge >= 0.3 is 6.18 Å². The highest BCUT2D eigenvalue weighted by molar-refractivity contribution is 6.30. The number of rotatable bonds is 4. The van der Waals surface area contributed by atoms with Crippen LogP contribution in [0.15, 0.2) is 24.3 Å². The number of nitrogens with one attached hydrogen (secondary N) is 1. The minimum atomic E-state index is -4.37. The van der Waals surface area contributed by atoms with Crippen LogP contribution in [0.5, 0.6) is 0 Å². The molecule has 0 radical (unpaired) electrons. The normalized spacial score (nSPS) is 20.3. The maximum atomic E-state index is 12.7. The molecular formula is C14H15ClF3NO2. The van der Waals surface area contributed by atoms with Gasteiger partial charge in [-0.1, -0.05) is 23.7 Å². The van der Waals surface area contributed by atoms with Crippen molar-refractivity contribution in [1.29, 1.82) is 0 Å². The Bertz CT molecular complexity index is 484. The SMILES string of the molecule is O=C(N[C@H](CC(F)(F)F)c1ccc(Cl)cc1)[C@H]1CCOC1. The molecule has 2 atom stereocenters. The van der Waals surface area contributed by atoms with E-state index in [-0.39, 0.29) is 12.5 Å².